The van der Waals surface area contributed by atoms with Gasteiger partial charge in [-0.3, -0.25) is 0 Å². The maximum absolute atomic E-state index is 11.2. The van der Waals surface area contributed by atoms with Crippen LogP contribution < -0.4 is 0 Å². The minimum absolute atomic E-state index is 0.396. The number of hydrogen-bond donors (Lipinski definition) is 0. The minimum Gasteiger partial charge on any atom is -0.386 e. The number of carbonyl (C=O) groups excluding carboxylic acids is 2. The maximum Gasteiger partial charge on any atom is 0.348 e. The summed E-state index contributed by atoms with van der Waals surface area (Å²) in [5.41, 5.74) is 0.799. The molecule has 2 rings (SSSR count). The zero-order valence-electron chi connectivity index (χ0n) is 6.87. The van der Waals surface area contributed by atoms with Crippen molar-refractivity contribution in [2.75, 3.05) is 0 Å². The van der Waals surface area contributed by atoms with Gasteiger partial charge in [0.25, 0.3) is 0 Å². The summed E-state index contributed by atoms with van der Waals surface area (Å²) in [4.78, 5) is 23.0. The van der Waals surface area contributed by atoms with Crippen LogP contribution in [0.1, 0.15) is 11.8 Å². The van der Waals surface area contributed by atoms with Crippen LogP contribution in [0.5, 0.6) is 0 Å². The Bertz CT molecular complexity index is 401. The van der Waals surface area contributed by atoms with Gasteiger partial charge in [-0.1, -0.05) is 6.07 Å². The highest BCUT2D eigenvalue weighted by atomic mass is 32.1. The van der Waals surface area contributed by atoms with Crippen LogP contribution in [0.15, 0.2) is 23.1 Å². The van der Waals surface area contributed by atoms with Gasteiger partial charge in [0, 0.05) is 4.88 Å². The van der Waals surface area contributed by atoms with Gasteiger partial charge in [0.1, 0.15) is 0 Å². The molecule has 0 fully saturated rings. The van der Waals surface area contributed by atoms with E-state index in [1.54, 1.807) is 13.0 Å². The van der Waals surface area contributed by atoms with E-state index in [4.69, 9.17) is 0 Å². The lowest BCUT2D eigenvalue weighted by atomic mass is 10.1. The summed E-state index contributed by atoms with van der Waals surface area (Å²) >= 11 is 1.42. The van der Waals surface area contributed by atoms with E-state index in [9.17, 15) is 9.59 Å². The summed E-state index contributed by atoms with van der Waals surface area (Å²) < 4.78 is 4.46. The number of thiophene rings is 1. The third-order valence-electron chi connectivity index (χ3n) is 1.84. The SMILES string of the molecule is CC1=C(c2cccs2)C(=O)OC1=O. The van der Waals surface area contributed by atoms with Gasteiger partial charge >= 0.3 is 11.9 Å². The van der Waals surface area contributed by atoms with Crippen molar-refractivity contribution < 1.29 is 14.3 Å². The van der Waals surface area contributed by atoms with Gasteiger partial charge in [0.05, 0.1) is 11.1 Å². The van der Waals surface area contributed by atoms with Gasteiger partial charge in [0.2, 0.25) is 0 Å². The summed E-state index contributed by atoms with van der Waals surface area (Å²) in [7, 11) is 0. The Labute approximate surface area is 78.6 Å². The van der Waals surface area contributed by atoms with E-state index in [-0.39, 0.29) is 0 Å². The van der Waals surface area contributed by atoms with E-state index >= 15 is 0 Å². The second kappa shape index (κ2) is 2.81. The Hall–Kier alpha value is -1.42. The fourth-order valence-electron chi connectivity index (χ4n) is 1.17. The van der Waals surface area contributed by atoms with Crippen LogP contribution in [0, 0.1) is 0 Å². The van der Waals surface area contributed by atoms with Crippen LogP contribution in [0.3, 0.4) is 0 Å². The van der Waals surface area contributed by atoms with E-state index in [1.165, 1.54) is 11.3 Å². The molecule has 0 N–H and O–H groups in total. The molecule has 0 unspecified atom stereocenters. The Kier molecular flexibility index (Phi) is 1.77. The number of cyclic esters (lactones) is 2. The molecule has 66 valence electrons. The molecule has 1 aromatic rings. The van der Waals surface area contributed by atoms with Crippen molar-refractivity contribution in [2.24, 2.45) is 0 Å². The number of esters is 2. The van der Waals surface area contributed by atoms with Crippen molar-refractivity contribution >= 4 is 28.8 Å². The van der Waals surface area contributed by atoms with Crippen molar-refractivity contribution in [3.05, 3.63) is 28.0 Å². The molecular formula is C9H6O3S. The van der Waals surface area contributed by atoms with Crippen LogP contribution in [-0.4, -0.2) is 11.9 Å². The summed E-state index contributed by atoms with van der Waals surface area (Å²) in [5.74, 6) is -1.07. The van der Waals surface area contributed by atoms with Gasteiger partial charge in [-0.15, -0.1) is 11.3 Å². The topological polar surface area (TPSA) is 43.4 Å². The lowest BCUT2D eigenvalue weighted by Gasteiger charge is -1.92. The zero-order valence-corrected chi connectivity index (χ0v) is 7.68. The predicted octanol–water partition coefficient (Wildman–Crippen LogP) is 1.60. The first-order chi connectivity index (χ1) is 6.20. The van der Waals surface area contributed by atoms with Crippen molar-refractivity contribution in [1.29, 1.82) is 0 Å². The lowest BCUT2D eigenvalue weighted by molar-refractivity contribution is -0.150. The molecule has 0 spiro atoms. The first-order valence-electron chi connectivity index (χ1n) is 3.71. The van der Waals surface area contributed by atoms with Gasteiger partial charge in [0.15, 0.2) is 0 Å². The van der Waals surface area contributed by atoms with Gasteiger partial charge in [-0.25, -0.2) is 9.59 Å². The molecule has 1 aliphatic heterocycles. The normalized spacial score (nSPS) is 16.7. The molecule has 0 bridgehead atoms. The summed E-state index contributed by atoms with van der Waals surface area (Å²) in [6, 6.07) is 3.62. The monoisotopic (exact) mass is 194 g/mol. The molecule has 0 atom stereocenters. The van der Waals surface area contributed by atoms with Crippen LogP contribution in [0.2, 0.25) is 0 Å². The Morgan fingerprint density at radius 1 is 1.31 bits per heavy atom. The molecule has 1 aliphatic rings. The third-order valence-corrected chi connectivity index (χ3v) is 2.73. The smallest absolute Gasteiger partial charge is 0.348 e. The van der Waals surface area contributed by atoms with Crippen molar-refractivity contribution in [2.45, 2.75) is 6.92 Å². The third kappa shape index (κ3) is 1.19. The highest BCUT2D eigenvalue weighted by Crippen LogP contribution is 2.29. The van der Waals surface area contributed by atoms with E-state index in [1.807, 2.05) is 11.4 Å². The van der Waals surface area contributed by atoms with E-state index in [0.717, 1.165) is 4.88 Å². The van der Waals surface area contributed by atoms with Crippen molar-refractivity contribution in [3.8, 4) is 0 Å². The van der Waals surface area contributed by atoms with Crippen LogP contribution in [0.25, 0.3) is 5.57 Å². The molecule has 0 aromatic carbocycles. The fraction of sp³-hybridized carbons (Fsp3) is 0.111. The second-order valence-electron chi connectivity index (χ2n) is 2.65. The average molecular weight is 194 g/mol. The van der Waals surface area contributed by atoms with Crippen molar-refractivity contribution in [1.82, 2.24) is 0 Å². The molecule has 0 amide bonds. The summed E-state index contributed by atoms with van der Waals surface area (Å²) in [6.45, 7) is 1.60. The highest BCUT2D eigenvalue weighted by Gasteiger charge is 2.31. The van der Waals surface area contributed by atoms with Gasteiger partial charge < -0.3 is 4.74 Å². The number of rotatable bonds is 1. The molecule has 0 radical (unpaired) electrons. The number of carbonyl (C=O) groups is 2. The molecule has 1 aromatic heterocycles. The van der Waals surface area contributed by atoms with Gasteiger partial charge in [-0.05, 0) is 18.4 Å². The molecule has 2 heterocycles. The second-order valence-corrected chi connectivity index (χ2v) is 3.60. The minimum atomic E-state index is -0.537. The Morgan fingerprint density at radius 3 is 2.54 bits per heavy atom. The zero-order chi connectivity index (χ0) is 9.42. The Morgan fingerprint density at radius 2 is 2.08 bits per heavy atom. The Balaban J connectivity index is 2.54. The van der Waals surface area contributed by atoms with Crippen LogP contribution >= 0.6 is 11.3 Å². The number of hydrogen-bond acceptors (Lipinski definition) is 4. The predicted molar refractivity (Wildman–Crippen MR) is 48.0 cm³/mol. The van der Waals surface area contributed by atoms with Gasteiger partial charge in [-0.2, -0.15) is 0 Å². The molecule has 0 saturated heterocycles. The molecule has 3 nitrogen and oxygen atoms in total. The standard InChI is InChI=1S/C9H6O3S/c1-5-7(6-3-2-4-13-6)9(11)12-8(5)10/h2-4H,1H3. The summed E-state index contributed by atoms with van der Waals surface area (Å²) in [5, 5.41) is 1.85. The summed E-state index contributed by atoms with van der Waals surface area (Å²) in [6.07, 6.45) is 0. The van der Waals surface area contributed by atoms with Crippen LogP contribution in [-0.2, 0) is 14.3 Å². The van der Waals surface area contributed by atoms with E-state index in [2.05, 4.69) is 4.74 Å². The number of ether oxygens (including phenoxy) is 1. The highest BCUT2D eigenvalue weighted by molar-refractivity contribution is 7.11. The largest absolute Gasteiger partial charge is 0.386 e. The average Bonchev–Trinajstić information content (AvgIpc) is 2.63. The quantitative estimate of drug-likeness (QED) is 0.504. The van der Waals surface area contributed by atoms with Crippen molar-refractivity contribution in [3.63, 3.8) is 0 Å². The van der Waals surface area contributed by atoms with E-state index in [0.29, 0.717) is 11.1 Å². The first kappa shape index (κ1) is 8.19. The lowest BCUT2D eigenvalue weighted by Crippen LogP contribution is -2.00. The van der Waals surface area contributed by atoms with E-state index < -0.39 is 11.9 Å². The molecular weight excluding hydrogens is 188 g/mol. The molecule has 0 saturated carbocycles. The first-order valence-corrected chi connectivity index (χ1v) is 4.59. The fourth-order valence-corrected chi connectivity index (χ4v) is 1.99. The maximum atomic E-state index is 11.2. The molecule has 0 aliphatic carbocycles. The molecule has 13 heavy (non-hydrogen) atoms. The molecule has 4 heteroatoms. The van der Waals surface area contributed by atoms with Crippen LogP contribution in [0.4, 0.5) is 0 Å².